The maximum absolute atomic E-state index is 13.5. The summed E-state index contributed by atoms with van der Waals surface area (Å²) in [6.07, 6.45) is 0. The van der Waals surface area contributed by atoms with Crippen molar-refractivity contribution in [3.05, 3.63) is 57.0 Å². The molecule has 7 nitrogen and oxygen atoms in total. The second-order valence-electron chi connectivity index (χ2n) is 11.2. The molecular weight excluding hydrogens is 436 g/mol. The first kappa shape index (κ1) is 25.6. The Hall–Kier alpha value is -2.03. The van der Waals surface area contributed by atoms with Gasteiger partial charge in [0.1, 0.15) is 0 Å². The number of sulfonamides is 1. The predicted molar refractivity (Wildman–Crippen MR) is 132 cm³/mol. The van der Waals surface area contributed by atoms with E-state index in [4.69, 9.17) is 0 Å². The summed E-state index contributed by atoms with van der Waals surface area (Å²) in [5.41, 5.74) is 3.22. The Morgan fingerprint density at radius 1 is 0.879 bits per heavy atom. The minimum atomic E-state index is -3.59. The molecule has 1 aromatic carbocycles. The van der Waals surface area contributed by atoms with Crippen molar-refractivity contribution in [2.45, 2.75) is 77.8 Å². The van der Waals surface area contributed by atoms with Gasteiger partial charge in [0.25, 0.3) is 5.56 Å². The maximum atomic E-state index is 13.5. The summed E-state index contributed by atoms with van der Waals surface area (Å²) in [7, 11) is -3.59. The second kappa shape index (κ2) is 8.96. The number of hydrogen-bond acceptors (Lipinski definition) is 5. The summed E-state index contributed by atoms with van der Waals surface area (Å²) >= 11 is 0. The molecule has 3 rings (SSSR count). The fourth-order valence-corrected chi connectivity index (χ4v) is 6.00. The smallest absolute Gasteiger partial charge is 0.267 e. The monoisotopic (exact) mass is 474 g/mol. The van der Waals surface area contributed by atoms with Crippen LogP contribution < -0.4 is 5.56 Å². The van der Waals surface area contributed by atoms with Gasteiger partial charge < -0.3 is 0 Å². The number of aryl methyl sites for hydroxylation is 2. The van der Waals surface area contributed by atoms with Crippen molar-refractivity contribution in [3.8, 4) is 0 Å². The SMILES string of the molecule is Cc1cc(C(C)(C)C)cc(C)c1S(=O)(=O)N1CCN(Cn2nc(C(C)(C)C)ccc2=O)CC1. The lowest BCUT2D eigenvalue weighted by Crippen LogP contribution is -2.50. The van der Waals surface area contributed by atoms with Gasteiger partial charge in [-0.3, -0.25) is 9.69 Å². The van der Waals surface area contributed by atoms with Crippen molar-refractivity contribution in [1.29, 1.82) is 0 Å². The number of hydrogen-bond donors (Lipinski definition) is 0. The average molecular weight is 475 g/mol. The van der Waals surface area contributed by atoms with E-state index < -0.39 is 10.0 Å². The van der Waals surface area contributed by atoms with E-state index in [9.17, 15) is 13.2 Å². The van der Waals surface area contributed by atoms with Crippen molar-refractivity contribution in [1.82, 2.24) is 19.0 Å². The van der Waals surface area contributed by atoms with Gasteiger partial charge in [0.2, 0.25) is 10.0 Å². The van der Waals surface area contributed by atoms with Crippen molar-refractivity contribution in [3.63, 3.8) is 0 Å². The lowest BCUT2D eigenvalue weighted by molar-refractivity contribution is 0.142. The van der Waals surface area contributed by atoms with Gasteiger partial charge in [0.15, 0.2) is 0 Å². The Morgan fingerprint density at radius 2 is 1.42 bits per heavy atom. The first-order valence-electron chi connectivity index (χ1n) is 11.5. The van der Waals surface area contributed by atoms with Crippen LogP contribution in [0.4, 0.5) is 0 Å². The largest absolute Gasteiger partial charge is 0.282 e. The zero-order chi connectivity index (χ0) is 24.8. The highest BCUT2D eigenvalue weighted by Gasteiger charge is 2.32. The summed E-state index contributed by atoms with van der Waals surface area (Å²) in [4.78, 5) is 14.8. The molecule has 1 saturated heterocycles. The number of benzene rings is 1. The van der Waals surface area contributed by atoms with Crippen LogP contribution >= 0.6 is 0 Å². The van der Waals surface area contributed by atoms with Crippen LogP contribution in [0, 0.1) is 13.8 Å². The second-order valence-corrected chi connectivity index (χ2v) is 13.0. The lowest BCUT2D eigenvalue weighted by Gasteiger charge is -2.34. The molecular formula is C25H38N4O3S. The average Bonchev–Trinajstić information content (AvgIpc) is 2.67. The van der Waals surface area contributed by atoms with Crippen molar-refractivity contribution in [2.24, 2.45) is 0 Å². The van der Waals surface area contributed by atoms with Crippen LogP contribution in [0.25, 0.3) is 0 Å². The van der Waals surface area contributed by atoms with Crippen LogP contribution in [0.2, 0.25) is 0 Å². The predicted octanol–water partition coefficient (Wildman–Crippen LogP) is 3.42. The molecule has 8 heteroatoms. The summed E-state index contributed by atoms with van der Waals surface area (Å²) in [6, 6.07) is 7.33. The minimum Gasteiger partial charge on any atom is -0.282 e. The van der Waals surface area contributed by atoms with Gasteiger partial charge in [-0.15, -0.1) is 0 Å². The van der Waals surface area contributed by atoms with Gasteiger partial charge in [-0.25, -0.2) is 13.1 Å². The Balaban J connectivity index is 1.76. The zero-order valence-corrected chi connectivity index (χ0v) is 22.1. The molecule has 1 aromatic heterocycles. The topological polar surface area (TPSA) is 75.5 Å². The molecule has 2 aromatic rings. The Morgan fingerprint density at radius 3 is 1.91 bits per heavy atom. The van der Waals surface area contributed by atoms with E-state index in [0.717, 1.165) is 22.4 Å². The van der Waals surface area contributed by atoms with Crippen LogP contribution in [-0.2, 0) is 27.5 Å². The van der Waals surface area contributed by atoms with E-state index in [1.807, 2.05) is 26.0 Å². The number of rotatable bonds is 4. The van der Waals surface area contributed by atoms with Crippen LogP contribution in [0.5, 0.6) is 0 Å². The van der Waals surface area contributed by atoms with E-state index >= 15 is 0 Å². The molecule has 0 bridgehead atoms. The molecule has 0 unspecified atom stereocenters. The molecule has 0 atom stereocenters. The third-order valence-electron chi connectivity index (χ3n) is 6.22. The molecule has 0 radical (unpaired) electrons. The molecule has 182 valence electrons. The lowest BCUT2D eigenvalue weighted by atomic mass is 9.85. The summed E-state index contributed by atoms with van der Waals surface area (Å²) in [6.45, 7) is 18.6. The minimum absolute atomic E-state index is 0.0418. The van der Waals surface area contributed by atoms with Gasteiger partial charge in [0.05, 0.1) is 17.3 Å². The summed E-state index contributed by atoms with van der Waals surface area (Å²) < 4.78 is 30.1. The summed E-state index contributed by atoms with van der Waals surface area (Å²) in [5.74, 6) is 0. The molecule has 1 aliphatic rings. The van der Waals surface area contributed by atoms with Crippen LogP contribution in [-0.4, -0.2) is 53.6 Å². The van der Waals surface area contributed by atoms with Gasteiger partial charge in [-0.1, -0.05) is 53.7 Å². The van der Waals surface area contributed by atoms with Crippen molar-refractivity contribution >= 4 is 10.0 Å². The maximum Gasteiger partial charge on any atom is 0.267 e. The number of nitrogens with zero attached hydrogens (tertiary/aromatic N) is 4. The Kier molecular flexibility index (Phi) is 6.95. The normalized spacial score (nSPS) is 16.8. The first-order valence-corrected chi connectivity index (χ1v) is 13.0. The van der Waals surface area contributed by atoms with Crippen LogP contribution in [0.3, 0.4) is 0 Å². The standard InChI is InChI=1S/C25H38N4O3S/c1-18-15-20(24(3,4)5)16-19(2)23(18)33(31,32)28-13-11-27(12-14-28)17-29-22(30)10-9-21(26-29)25(6,7)8/h9-10,15-16H,11-14,17H2,1-8H3. The van der Waals surface area contributed by atoms with Gasteiger partial charge in [0, 0.05) is 37.7 Å². The third kappa shape index (κ3) is 5.55. The molecule has 0 amide bonds. The van der Waals surface area contributed by atoms with E-state index in [-0.39, 0.29) is 16.4 Å². The Labute approximate surface area is 198 Å². The molecule has 1 fully saturated rings. The fourth-order valence-electron chi connectivity index (χ4n) is 4.17. The van der Waals surface area contributed by atoms with Gasteiger partial charge in [-0.05, 0) is 42.0 Å². The molecule has 2 heterocycles. The van der Waals surface area contributed by atoms with E-state index in [1.165, 1.54) is 4.68 Å². The molecule has 33 heavy (non-hydrogen) atoms. The highest BCUT2D eigenvalue weighted by Crippen LogP contribution is 2.31. The van der Waals surface area contributed by atoms with Gasteiger partial charge >= 0.3 is 0 Å². The highest BCUT2D eigenvalue weighted by molar-refractivity contribution is 7.89. The zero-order valence-electron chi connectivity index (χ0n) is 21.3. The van der Waals surface area contributed by atoms with Crippen molar-refractivity contribution in [2.75, 3.05) is 26.2 Å². The molecule has 0 N–H and O–H groups in total. The highest BCUT2D eigenvalue weighted by atomic mass is 32.2. The quantitative estimate of drug-likeness (QED) is 0.679. The van der Waals surface area contributed by atoms with Crippen LogP contribution in [0.15, 0.2) is 34.0 Å². The molecule has 0 spiro atoms. The van der Waals surface area contributed by atoms with Crippen molar-refractivity contribution < 1.29 is 8.42 Å². The number of piperazine rings is 1. The summed E-state index contributed by atoms with van der Waals surface area (Å²) in [5, 5.41) is 4.53. The molecule has 1 aliphatic heterocycles. The van der Waals surface area contributed by atoms with E-state index in [1.54, 1.807) is 16.4 Å². The fraction of sp³-hybridized carbons (Fsp3) is 0.600. The number of aromatic nitrogens is 2. The first-order chi connectivity index (χ1) is 15.1. The molecule has 0 saturated carbocycles. The van der Waals surface area contributed by atoms with Gasteiger partial charge in [-0.2, -0.15) is 9.40 Å². The third-order valence-corrected chi connectivity index (χ3v) is 8.43. The van der Waals surface area contributed by atoms with E-state index in [2.05, 4.69) is 51.5 Å². The Bertz CT molecular complexity index is 1160. The molecule has 0 aliphatic carbocycles. The van der Waals surface area contributed by atoms with E-state index in [0.29, 0.717) is 37.7 Å². The van der Waals surface area contributed by atoms with Crippen LogP contribution in [0.1, 0.15) is 63.9 Å².